The number of hydrogen-bond acceptors (Lipinski definition) is 0. The maximum absolute atomic E-state index is 2.48. The molecule has 3 fully saturated rings. The molecule has 1 aromatic rings. The molecule has 3 saturated carbocycles. The lowest BCUT2D eigenvalue weighted by atomic mass is 9.88. The van der Waals surface area contributed by atoms with Crippen molar-refractivity contribution in [3.05, 3.63) is 47.0 Å². The summed E-state index contributed by atoms with van der Waals surface area (Å²) in [5.41, 5.74) is 8.33. The summed E-state index contributed by atoms with van der Waals surface area (Å²) in [6, 6.07) is 11.2. The monoisotopic (exact) mass is 396 g/mol. The maximum atomic E-state index is 2.48. The van der Waals surface area contributed by atoms with Gasteiger partial charge in [-0.1, -0.05) is 94.3 Å². The molecule has 0 spiro atoms. The maximum Gasteiger partial charge on any atom is 0.000824 e. The summed E-state index contributed by atoms with van der Waals surface area (Å²) in [5.74, 6) is 0. The summed E-state index contributed by atoms with van der Waals surface area (Å²) < 4.78 is 0. The van der Waals surface area contributed by atoms with Gasteiger partial charge in [-0.2, -0.15) is 0 Å². The molecule has 3 aliphatic rings. The Balaban J connectivity index is 1.60. The first-order chi connectivity index (χ1) is 13.8. The van der Waals surface area contributed by atoms with Crippen LogP contribution in [0.3, 0.4) is 0 Å². The van der Waals surface area contributed by atoms with E-state index in [0.717, 1.165) is 17.0 Å². The Morgan fingerprint density at radius 1 is 0.750 bits per heavy atom. The Hall–Kier alpha value is -0.610. The molecule has 0 saturated heterocycles. The molecule has 0 aliphatic heterocycles. The van der Waals surface area contributed by atoms with Gasteiger partial charge in [0.15, 0.2) is 0 Å². The van der Waals surface area contributed by atoms with Gasteiger partial charge in [0, 0.05) is 5.66 Å². The van der Waals surface area contributed by atoms with Crippen molar-refractivity contribution >= 4 is 7.92 Å². The fourth-order valence-electron chi connectivity index (χ4n) is 6.40. The van der Waals surface area contributed by atoms with Crippen molar-refractivity contribution in [3.8, 4) is 0 Å². The van der Waals surface area contributed by atoms with Gasteiger partial charge in [-0.05, 0) is 75.2 Å². The number of hydrogen-bond donors (Lipinski definition) is 0. The van der Waals surface area contributed by atoms with Crippen molar-refractivity contribution < 1.29 is 0 Å². The fourth-order valence-corrected chi connectivity index (χ4v) is 11.1. The highest BCUT2D eigenvalue weighted by atomic mass is 31.1. The molecular formula is C27H41P. The van der Waals surface area contributed by atoms with E-state index in [2.05, 4.69) is 37.3 Å². The first-order valence-corrected chi connectivity index (χ1v) is 13.9. The third kappa shape index (κ3) is 5.11. The van der Waals surface area contributed by atoms with E-state index in [1.54, 1.807) is 31.3 Å². The zero-order valence-electron chi connectivity index (χ0n) is 18.2. The highest BCUT2D eigenvalue weighted by Gasteiger charge is 2.38. The number of benzene rings is 1. The normalized spacial score (nSPS) is 27.1. The topological polar surface area (TPSA) is 0 Å². The molecule has 0 nitrogen and oxygen atoms in total. The fraction of sp³-hybridized carbons (Fsp3) is 0.704. The lowest BCUT2D eigenvalue weighted by Crippen LogP contribution is -2.29. The van der Waals surface area contributed by atoms with Crippen LogP contribution in [-0.4, -0.2) is 17.0 Å². The number of rotatable bonds is 5. The molecule has 0 radical (unpaired) electrons. The van der Waals surface area contributed by atoms with E-state index < -0.39 is 0 Å². The predicted octanol–water partition coefficient (Wildman–Crippen LogP) is 8.64. The molecular weight excluding hydrogens is 355 g/mol. The van der Waals surface area contributed by atoms with E-state index >= 15 is 0 Å². The zero-order chi connectivity index (χ0) is 19.2. The van der Waals surface area contributed by atoms with Crippen LogP contribution in [0.15, 0.2) is 41.5 Å². The molecule has 3 aliphatic carbocycles. The minimum atomic E-state index is 0.181. The van der Waals surface area contributed by atoms with Gasteiger partial charge in [-0.25, -0.2) is 0 Å². The van der Waals surface area contributed by atoms with Gasteiger partial charge in [-0.15, -0.1) is 0 Å². The van der Waals surface area contributed by atoms with E-state index in [-0.39, 0.29) is 7.92 Å². The first kappa shape index (κ1) is 20.7. The average Bonchev–Trinajstić information content (AvgIpc) is 2.76. The van der Waals surface area contributed by atoms with Gasteiger partial charge in [0.1, 0.15) is 0 Å². The van der Waals surface area contributed by atoms with Gasteiger partial charge in [0.2, 0.25) is 0 Å². The molecule has 154 valence electrons. The van der Waals surface area contributed by atoms with Crippen LogP contribution >= 0.6 is 7.92 Å². The second-order valence-corrected chi connectivity index (χ2v) is 12.7. The third-order valence-corrected chi connectivity index (χ3v) is 11.8. The van der Waals surface area contributed by atoms with Gasteiger partial charge < -0.3 is 0 Å². The summed E-state index contributed by atoms with van der Waals surface area (Å²) in [5, 5.41) is 0. The van der Waals surface area contributed by atoms with Crippen LogP contribution in [0.1, 0.15) is 102 Å². The van der Waals surface area contributed by atoms with Crippen LogP contribution in [0.5, 0.6) is 0 Å². The Labute approximate surface area is 175 Å². The Bertz CT molecular complexity index is 601. The van der Waals surface area contributed by atoms with E-state index in [1.165, 1.54) is 76.2 Å². The van der Waals surface area contributed by atoms with Crippen molar-refractivity contribution in [2.75, 3.05) is 0 Å². The molecule has 1 aromatic carbocycles. The molecule has 0 bridgehead atoms. The molecule has 0 aromatic heterocycles. The zero-order valence-corrected chi connectivity index (χ0v) is 19.1. The summed E-state index contributed by atoms with van der Waals surface area (Å²) in [6.07, 6.45) is 22.4. The summed E-state index contributed by atoms with van der Waals surface area (Å²) in [7, 11) is 0.181. The van der Waals surface area contributed by atoms with Crippen molar-refractivity contribution in [2.45, 2.75) is 120 Å². The summed E-state index contributed by atoms with van der Waals surface area (Å²) in [6.45, 7) is 2.48. The Morgan fingerprint density at radius 2 is 1.32 bits per heavy atom. The molecule has 1 atom stereocenters. The standard InChI is InChI=1S/C27H41P/c1-22(21-23-13-5-2-6-14-23)26-19-11-12-20-27(26)28(24-15-7-3-8-16-24)25-17-9-4-10-18-25/h2,5-6,13-14,24-25,27H,3-4,7-12,15-21H2,1H3. The highest BCUT2D eigenvalue weighted by Crippen LogP contribution is 2.63. The van der Waals surface area contributed by atoms with E-state index in [0.29, 0.717) is 0 Å². The molecule has 1 unspecified atom stereocenters. The SMILES string of the molecule is CC(Cc1ccccc1)=C1CCCCC1P(C1CCCCC1)C1CCCCC1. The van der Waals surface area contributed by atoms with Crippen molar-refractivity contribution in [3.63, 3.8) is 0 Å². The van der Waals surface area contributed by atoms with Gasteiger partial charge in [0.05, 0.1) is 0 Å². The lowest BCUT2D eigenvalue weighted by molar-refractivity contribution is 0.476. The second kappa shape index (κ2) is 10.4. The van der Waals surface area contributed by atoms with Crippen LogP contribution in [0.25, 0.3) is 0 Å². The van der Waals surface area contributed by atoms with Gasteiger partial charge in [0.25, 0.3) is 0 Å². The highest BCUT2D eigenvalue weighted by molar-refractivity contribution is 7.60. The minimum absolute atomic E-state index is 0.181. The first-order valence-electron chi connectivity index (χ1n) is 12.3. The van der Waals surface area contributed by atoms with Crippen LogP contribution < -0.4 is 0 Å². The quantitative estimate of drug-likeness (QED) is 0.345. The molecule has 0 heterocycles. The van der Waals surface area contributed by atoms with Crippen molar-refractivity contribution in [1.82, 2.24) is 0 Å². The van der Waals surface area contributed by atoms with Crippen LogP contribution in [0.4, 0.5) is 0 Å². The molecule has 0 amide bonds. The van der Waals surface area contributed by atoms with Crippen LogP contribution in [0.2, 0.25) is 0 Å². The van der Waals surface area contributed by atoms with Crippen LogP contribution in [0, 0.1) is 0 Å². The molecule has 28 heavy (non-hydrogen) atoms. The predicted molar refractivity (Wildman–Crippen MR) is 126 cm³/mol. The molecule has 0 N–H and O–H groups in total. The van der Waals surface area contributed by atoms with Gasteiger partial charge in [-0.3, -0.25) is 0 Å². The Kier molecular flexibility index (Phi) is 7.69. The van der Waals surface area contributed by atoms with Gasteiger partial charge >= 0.3 is 0 Å². The largest absolute Gasteiger partial charge is 0.0930 e. The smallest absolute Gasteiger partial charge is 0.000824 e. The number of allylic oxidation sites excluding steroid dienone is 2. The van der Waals surface area contributed by atoms with Crippen molar-refractivity contribution in [1.29, 1.82) is 0 Å². The van der Waals surface area contributed by atoms with Crippen LogP contribution in [-0.2, 0) is 6.42 Å². The third-order valence-electron chi connectivity index (χ3n) is 7.79. The molecule has 1 heteroatoms. The minimum Gasteiger partial charge on any atom is -0.0930 e. The summed E-state index contributed by atoms with van der Waals surface area (Å²) in [4.78, 5) is 0. The lowest BCUT2D eigenvalue weighted by Gasteiger charge is -2.46. The average molecular weight is 397 g/mol. The molecule has 4 rings (SSSR count). The summed E-state index contributed by atoms with van der Waals surface area (Å²) >= 11 is 0. The van der Waals surface area contributed by atoms with E-state index in [1.807, 2.05) is 5.57 Å². The van der Waals surface area contributed by atoms with E-state index in [9.17, 15) is 0 Å². The second-order valence-electron chi connectivity index (χ2n) is 9.76. The Morgan fingerprint density at radius 3 is 1.93 bits per heavy atom. The van der Waals surface area contributed by atoms with Crippen molar-refractivity contribution in [2.24, 2.45) is 0 Å². The van der Waals surface area contributed by atoms with E-state index in [4.69, 9.17) is 0 Å².